The fourth-order valence-corrected chi connectivity index (χ4v) is 5.51. The van der Waals surface area contributed by atoms with Gasteiger partial charge in [-0.1, -0.05) is 23.9 Å². The molecule has 0 spiro atoms. The molecular formula is C20H15N3S3. The Labute approximate surface area is 163 Å². The summed E-state index contributed by atoms with van der Waals surface area (Å²) in [6.45, 7) is 0. The number of nitrogen functional groups attached to an aromatic ring is 2. The van der Waals surface area contributed by atoms with Crippen LogP contribution in [0.4, 0.5) is 21.4 Å². The average molecular weight is 394 g/mol. The van der Waals surface area contributed by atoms with Gasteiger partial charge in [-0.05, 0) is 59.7 Å². The summed E-state index contributed by atoms with van der Waals surface area (Å²) in [5.74, 6) is 0. The summed E-state index contributed by atoms with van der Waals surface area (Å²) in [5, 5.41) is 5.28. The maximum atomic E-state index is 5.88. The smallest absolute Gasteiger partial charge is 0.0862 e. The first-order valence-corrected chi connectivity index (χ1v) is 10.5. The second-order valence-electron chi connectivity index (χ2n) is 6.05. The van der Waals surface area contributed by atoms with E-state index in [-0.39, 0.29) is 0 Å². The standard InChI is InChI=1S/C20H15N3S3/c21-19-7-5-15(25-19)11-1-3-17-13(9-11)23-14-10-12(2-4-18(14)24-17)16-6-8-20(22)26-16/h1-10,23H,21-22H2. The fraction of sp³-hybridized carbons (Fsp3) is 0. The molecular weight excluding hydrogens is 378 g/mol. The van der Waals surface area contributed by atoms with E-state index in [1.54, 1.807) is 34.4 Å². The number of hydrogen-bond donors (Lipinski definition) is 3. The molecule has 0 amide bonds. The molecule has 0 unspecified atom stereocenters. The van der Waals surface area contributed by atoms with E-state index in [0.29, 0.717) is 0 Å². The summed E-state index contributed by atoms with van der Waals surface area (Å²) in [4.78, 5) is 4.84. The number of benzene rings is 2. The quantitative estimate of drug-likeness (QED) is 0.320. The van der Waals surface area contributed by atoms with Crippen molar-refractivity contribution in [1.82, 2.24) is 0 Å². The van der Waals surface area contributed by atoms with Gasteiger partial charge in [0.05, 0.1) is 21.4 Å². The maximum Gasteiger partial charge on any atom is 0.0862 e. The highest BCUT2D eigenvalue weighted by atomic mass is 32.2. The minimum Gasteiger partial charge on any atom is -0.391 e. The molecule has 4 aromatic rings. The van der Waals surface area contributed by atoms with Gasteiger partial charge in [0.2, 0.25) is 0 Å². The number of hydrogen-bond acceptors (Lipinski definition) is 6. The van der Waals surface area contributed by atoms with E-state index in [0.717, 1.165) is 21.4 Å². The van der Waals surface area contributed by atoms with Crippen LogP contribution in [-0.2, 0) is 0 Å². The van der Waals surface area contributed by atoms with E-state index in [2.05, 4.69) is 53.8 Å². The molecule has 3 heterocycles. The molecule has 0 saturated heterocycles. The van der Waals surface area contributed by atoms with Crippen molar-refractivity contribution in [2.75, 3.05) is 16.8 Å². The van der Waals surface area contributed by atoms with E-state index < -0.39 is 0 Å². The molecule has 0 radical (unpaired) electrons. The molecule has 0 fully saturated rings. The van der Waals surface area contributed by atoms with Crippen molar-refractivity contribution in [2.45, 2.75) is 9.79 Å². The van der Waals surface area contributed by atoms with E-state index in [4.69, 9.17) is 11.5 Å². The van der Waals surface area contributed by atoms with Gasteiger partial charge in [0.1, 0.15) is 0 Å². The molecule has 0 bridgehead atoms. The number of fused-ring (bicyclic) bond motifs is 2. The topological polar surface area (TPSA) is 64.1 Å². The van der Waals surface area contributed by atoms with Gasteiger partial charge < -0.3 is 16.8 Å². The molecule has 5 N–H and O–H groups in total. The molecule has 2 aromatic carbocycles. The molecule has 3 nitrogen and oxygen atoms in total. The predicted octanol–water partition coefficient (Wildman–Crippen LogP) is 6.52. The molecule has 6 heteroatoms. The zero-order valence-electron chi connectivity index (χ0n) is 13.7. The first-order chi connectivity index (χ1) is 12.7. The molecule has 128 valence electrons. The van der Waals surface area contributed by atoms with Crippen LogP contribution in [0.3, 0.4) is 0 Å². The monoisotopic (exact) mass is 393 g/mol. The van der Waals surface area contributed by atoms with E-state index in [1.165, 1.54) is 30.7 Å². The van der Waals surface area contributed by atoms with Gasteiger partial charge >= 0.3 is 0 Å². The Morgan fingerprint density at radius 1 is 0.615 bits per heavy atom. The van der Waals surface area contributed by atoms with Gasteiger partial charge in [-0.15, -0.1) is 22.7 Å². The lowest BCUT2D eigenvalue weighted by Crippen LogP contribution is -2.00. The maximum absolute atomic E-state index is 5.88. The first kappa shape index (κ1) is 15.8. The third-order valence-corrected chi connectivity index (χ3v) is 7.35. The van der Waals surface area contributed by atoms with E-state index in [9.17, 15) is 0 Å². The van der Waals surface area contributed by atoms with Gasteiger partial charge in [0.25, 0.3) is 0 Å². The van der Waals surface area contributed by atoms with Crippen molar-refractivity contribution < 1.29 is 0 Å². The predicted molar refractivity (Wildman–Crippen MR) is 116 cm³/mol. The van der Waals surface area contributed by atoms with E-state index in [1.807, 2.05) is 12.1 Å². The Hall–Kier alpha value is -2.41. The van der Waals surface area contributed by atoms with Gasteiger partial charge in [0.15, 0.2) is 0 Å². The highest BCUT2D eigenvalue weighted by Gasteiger charge is 2.17. The Morgan fingerprint density at radius 3 is 1.54 bits per heavy atom. The van der Waals surface area contributed by atoms with Gasteiger partial charge in [0, 0.05) is 19.5 Å². The summed E-state index contributed by atoms with van der Waals surface area (Å²) >= 11 is 5.02. The molecule has 0 aliphatic carbocycles. The number of thiophene rings is 2. The van der Waals surface area contributed by atoms with Crippen molar-refractivity contribution in [3.63, 3.8) is 0 Å². The van der Waals surface area contributed by atoms with Crippen LogP contribution in [0.2, 0.25) is 0 Å². The zero-order chi connectivity index (χ0) is 17.7. The van der Waals surface area contributed by atoms with Gasteiger partial charge in [-0.3, -0.25) is 0 Å². The third kappa shape index (κ3) is 2.76. The summed E-state index contributed by atoms with van der Waals surface area (Å²) in [5.41, 5.74) is 16.4. The number of rotatable bonds is 2. The van der Waals surface area contributed by atoms with Crippen molar-refractivity contribution in [2.24, 2.45) is 0 Å². The summed E-state index contributed by atoms with van der Waals surface area (Å²) in [7, 11) is 0. The van der Waals surface area contributed by atoms with Crippen molar-refractivity contribution in [1.29, 1.82) is 0 Å². The number of anilines is 4. The highest BCUT2D eigenvalue weighted by molar-refractivity contribution is 7.99. The molecule has 1 aliphatic rings. The van der Waals surface area contributed by atoms with Crippen molar-refractivity contribution in [3.05, 3.63) is 60.7 Å². The van der Waals surface area contributed by atoms with Gasteiger partial charge in [-0.2, -0.15) is 0 Å². The molecule has 1 aliphatic heterocycles. The number of nitrogens with one attached hydrogen (secondary N) is 1. The van der Waals surface area contributed by atoms with Crippen LogP contribution >= 0.6 is 34.4 Å². The second-order valence-corrected chi connectivity index (χ2v) is 9.37. The number of nitrogens with two attached hydrogens (primary N) is 2. The van der Waals surface area contributed by atoms with Crippen LogP contribution in [-0.4, -0.2) is 0 Å². The fourth-order valence-electron chi connectivity index (χ4n) is 3.02. The van der Waals surface area contributed by atoms with Crippen LogP contribution in [0.25, 0.3) is 20.9 Å². The molecule has 0 atom stereocenters. The largest absolute Gasteiger partial charge is 0.391 e. The summed E-state index contributed by atoms with van der Waals surface area (Å²) in [6.07, 6.45) is 0. The molecule has 5 rings (SSSR count). The average Bonchev–Trinajstić information content (AvgIpc) is 3.27. The second kappa shape index (κ2) is 6.09. The van der Waals surface area contributed by atoms with Crippen molar-refractivity contribution >= 4 is 55.8 Å². The Kier molecular flexibility index (Phi) is 3.70. The lowest BCUT2D eigenvalue weighted by atomic mass is 10.1. The molecule has 0 saturated carbocycles. The van der Waals surface area contributed by atoms with Gasteiger partial charge in [-0.25, -0.2) is 0 Å². The lowest BCUT2D eigenvalue weighted by molar-refractivity contribution is 1.32. The van der Waals surface area contributed by atoms with E-state index >= 15 is 0 Å². The minimum absolute atomic E-state index is 0.838. The molecule has 26 heavy (non-hydrogen) atoms. The Balaban J connectivity index is 1.52. The Bertz CT molecular complexity index is 1040. The SMILES string of the molecule is Nc1ccc(-c2ccc3c(c2)Nc2cc(-c4ccc(N)s4)ccc2S3)s1. The minimum atomic E-state index is 0.838. The van der Waals surface area contributed by atoms with Crippen LogP contribution < -0.4 is 16.8 Å². The third-order valence-electron chi connectivity index (χ3n) is 4.27. The summed E-state index contributed by atoms with van der Waals surface area (Å²) in [6, 6.07) is 21.1. The summed E-state index contributed by atoms with van der Waals surface area (Å²) < 4.78 is 0. The first-order valence-electron chi connectivity index (χ1n) is 8.10. The van der Waals surface area contributed by atoms with Crippen LogP contribution in [0.5, 0.6) is 0 Å². The lowest BCUT2D eigenvalue weighted by Gasteiger charge is -2.22. The van der Waals surface area contributed by atoms with Crippen LogP contribution in [0.15, 0.2) is 70.5 Å². The Morgan fingerprint density at radius 2 is 1.12 bits per heavy atom. The van der Waals surface area contributed by atoms with Crippen LogP contribution in [0.1, 0.15) is 0 Å². The normalized spacial score (nSPS) is 12.3. The van der Waals surface area contributed by atoms with Crippen molar-refractivity contribution in [3.8, 4) is 20.9 Å². The highest BCUT2D eigenvalue weighted by Crippen LogP contribution is 2.47. The zero-order valence-corrected chi connectivity index (χ0v) is 16.1. The van der Waals surface area contributed by atoms with Crippen LogP contribution in [0, 0.1) is 0 Å². The molecule has 2 aromatic heterocycles.